The van der Waals surface area contributed by atoms with Crippen molar-refractivity contribution in [1.29, 1.82) is 0 Å². The van der Waals surface area contributed by atoms with Gasteiger partial charge in [0.25, 0.3) is 0 Å². The molecule has 7 heavy (non-hydrogen) atoms. The minimum atomic E-state index is 0.378. The SMILES string of the molecule is CC1OCCC1S. The molecule has 0 amide bonds. The van der Waals surface area contributed by atoms with Crippen molar-refractivity contribution in [3.05, 3.63) is 0 Å². The molecule has 1 saturated heterocycles. The van der Waals surface area contributed by atoms with E-state index in [2.05, 4.69) is 19.6 Å². The molecule has 0 radical (unpaired) electrons. The van der Waals surface area contributed by atoms with Crippen molar-refractivity contribution < 1.29 is 4.74 Å². The second-order valence-electron chi connectivity index (χ2n) is 1.93. The maximum Gasteiger partial charge on any atom is 0.0663 e. The Bertz CT molecular complexity index is 57.1. The van der Waals surface area contributed by atoms with Gasteiger partial charge in [-0.1, -0.05) is 0 Å². The maximum absolute atomic E-state index is 5.19. The third-order valence-electron chi connectivity index (χ3n) is 1.34. The first-order valence-corrected chi connectivity index (χ1v) is 3.12. The van der Waals surface area contributed by atoms with Crippen molar-refractivity contribution in [3.8, 4) is 0 Å². The predicted molar refractivity (Wildman–Crippen MR) is 32.8 cm³/mol. The van der Waals surface area contributed by atoms with Crippen LogP contribution >= 0.6 is 12.6 Å². The van der Waals surface area contributed by atoms with Crippen LogP contribution in [-0.2, 0) is 4.74 Å². The lowest BCUT2D eigenvalue weighted by Crippen LogP contribution is -2.09. The summed E-state index contributed by atoms with van der Waals surface area (Å²) in [6.45, 7) is 2.96. The Morgan fingerprint density at radius 1 is 1.71 bits per heavy atom. The molecule has 2 unspecified atom stereocenters. The summed E-state index contributed by atoms with van der Waals surface area (Å²) < 4.78 is 5.19. The van der Waals surface area contributed by atoms with Crippen molar-refractivity contribution in [2.75, 3.05) is 6.61 Å². The Morgan fingerprint density at radius 3 is 2.57 bits per heavy atom. The highest BCUT2D eigenvalue weighted by atomic mass is 32.1. The Balaban J connectivity index is 2.33. The molecule has 0 N–H and O–H groups in total. The Hall–Kier alpha value is 0.310. The van der Waals surface area contributed by atoms with Crippen LogP contribution in [0.4, 0.5) is 0 Å². The highest BCUT2D eigenvalue weighted by Crippen LogP contribution is 2.17. The average Bonchev–Trinajstić information content (AvgIpc) is 1.91. The molecule has 0 aliphatic carbocycles. The van der Waals surface area contributed by atoms with Crippen LogP contribution in [0.25, 0.3) is 0 Å². The number of hydrogen-bond donors (Lipinski definition) is 1. The van der Waals surface area contributed by atoms with Gasteiger partial charge in [0.05, 0.1) is 6.10 Å². The lowest BCUT2D eigenvalue weighted by Gasteiger charge is -2.03. The second kappa shape index (κ2) is 2.05. The van der Waals surface area contributed by atoms with Gasteiger partial charge in [0.15, 0.2) is 0 Å². The fourth-order valence-corrected chi connectivity index (χ4v) is 0.912. The topological polar surface area (TPSA) is 9.23 Å². The maximum atomic E-state index is 5.19. The van der Waals surface area contributed by atoms with E-state index in [1.165, 1.54) is 0 Å². The molecule has 42 valence electrons. The first kappa shape index (κ1) is 5.45. The van der Waals surface area contributed by atoms with Crippen LogP contribution < -0.4 is 0 Å². The number of hydrogen-bond acceptors (Lipinski definition) is 2. The molecule has 0 aromatic carbocycles. The third kappa shape index (κ3) is 1.10. The lowest BCUT2D eigenvalue weighted by atomic mass is 10.3. The molecule has 1 aliphatic rings. The van der Waals surface area contributed by atoms with Crippen molar-refractivity contribution >= 4 is 12.6 Å². The van der Waals surface area contributed by atoms with Gasteiger partial charge in [-0.25, -0.2) is 0 Å². The van der Waals surface area contributed by atoms with Gasteiger partial charge in [-0.05, 0) is 13.3 Å². The standard InChI is InChI=1S/C5H10OS/c1-4-5(7)2-3-6-4/h4-5,7H,2-3H2,1H3. The fourth-order valence-electron chi connectivity index (χ4n) is 0.720. The van der Waals surface area contributed by atoms with Crippen LogP contribution in [0.15, 0.2) is 0 Å². The quantitative estimate of drug-likeness (QED) is 0.468. The van der Waals surface area contributed by atoms with E-state index < -0.39 is 0 Å². The van der Waals surface area contributed by atoms with Crippen LogP contribution in [0, 0.1) is 0 Å². The fraction of sp³-hybridized carbons (Fsp3) is 1.00. The molecule has 1 fully saturated rings. The number of ether oxygens (including phenoxy) is 1. The molecule has 1 rings (SSSR count). The van der Waals surface area contributed by atoms with Gasteiger partial charge in [-0.2, -0.15) is 12.6 Å². The van der Waals surface area contributed by atoms with Crippen LogP contribution in [-0.4, -0.2) is 18.0 Å². The molecule has 0 saturated carbocycles. The molecule has 2 atom stereocenters. The van der Waals surface area contributed by atoms with E-state index in [0.717, 1.165) is 13.0 Å². The zero-order valence-corrected chi connectivity index (χ0v) is 5.32. The number of thiol groups is 1. The van der Waals surface area contributed by atoms with Crippen molar-refractivity contribution in [2.24, 2.45) is 0 Å². The minimum absolute atomic E-state index is 0.378. The van der Waals surface area contributed by atoms with Crippen LogP contribution in [0.3, 0.4) is 0 Å². The molecular formula is C5H10OS. The number of rotatable bonds is 0. The van der Waals surface area contributed by atoms with Crippen molar-refractivity contribution in [3.63, 3.8) is 0 Å². The zero-order chi connectivity index (χ0) is 5.28. The van der Waals surface area contributed by atoms with Gasteiger partial charge in [0, 0.05) is 11.9 Å². The summed E-state index contributed by atoms with van der Waals surface area (Å²) in [5.41, 5.74) is 0. The summed E-state index contributed by atoms with van der Waals surface area (Å²) in [5.74, 6) is 0. The third-order valence-corrected chi connectivity index (χ3v) is 2.01. The molecule has 1 aliphatic heterocycles. The summed E-state index contributed by atoms with van der Waals surface area (Å²) in [7, 11) is 0. The summed E-state index contributed by atoms with van der Waals surface area (Å²) >= 11 is 4.26. The van der Waals surface area contributed by atoms with E-state index in [4.69, 9.17) is 4.74 Å². The van der Waals surface area contributed by atoms with Crippen LogP contribution in [0.2, 0.25) is 0 Å². The monoisotopic (exact) mass is 118 g/mol. The van der Waals surface area contributed by atoms with E-state index in [0.29, 0.717) is 11.4 Å². The van der Waals surface area contributed by atoms with Crippen molar-refractivity contribution in [2.45, 2.75) is 24.7 Å². The first-order chi connectivity index (χ1) is 3.30. The average molecular weight is 118 g/mol. The van der Waals surface area contributed by atoms with E-state index in [1.54, 1.807) is 0 Å². The lowest BCUT2D eigenvalue weighted by molar-refractivity contribution is 0.127. The summed E-state index contributed by atoms with van der Waals surface area (Å²) in [5, 5.41) is 0.486. The van der Waals surface area contributed by atoms with E-state index in [9.17, 15) is 0 Å². The normalized spacial score (nSPS) is 42.0. The molecule has 0 bridgehead atoms. The molecule has 0 aromatic rings. The largest absolute Gasteiger partial charge is 0.377 e. The van der Waals surface area contributed by atoms with Gasteiger partial charge < -0.3 is 4.74 Å². The molecule has 1 heterocycles. The van der Waals surface area contributed by atoms with Gasteiger partial charge >= 0.3 is 0 Å². The van der Waals surface area contributed by atoms with E-state index >= 15 is 0 Å². The van der Waals surface area contributed by atoms with Gasteiger partial charge in [-0.15, -0.1) is 0 Å². The molecule has 0 aromatic heterocycles. The minimum Gasteiger partial charge on any atom is -0.377 e. The Labute approximate surface area is 49.5 Å². The molecule has 2 heteroatoms. The Kier molecular flexibility index (Phi) is 1.60. The highest BCUT2D eigenvalue weighted by molar-refractivity contribution is 7.81. The Morgan fingerprint density at radius 2 is 2.43 bits per heavy atom. The smallest absolute Gasteiger partial charge is 0.0663 e. The molecule has 1 nitrogen and oxygen atoms in total. The van der Waals surface area contributed by atoms with Gasteiger partial charge in [0.1, 0.15) is 0 Å². The van der Waals surface area contributed by atoms with Crippen molar-refractivity contribution in [1.82, 2.24) is 0 Å². The highest BCUT2D eigenvalue weighted by Gasteiger charge is 2.19. The predicted octanol–water partition coefficient (Wildman–Crippen LogP) is 1.09. The summed E-state index contributed by atoms with van der Waals surface area (Å²) in [4.78, 5) is 0. The van der Waals surface area contributed by atoms with E-state index in [-0.39, 0.29) is 0 Å². The van der Waals surface area contributed by atoms with Gasteiger partial charge in [-0.3, -0.25) is 0 Å². The summed E-state index contributed by atoms with van der Waals surface area (Å²) in [6.07, 6.45) is 1.49. The molecular weight excluding hydrogens is 108 g/mol. The van der Waals surface area contributed by atoms with Crippen LogP contribution in [0.1, 0.15) is 13.3 Å². The summed E-state index contributed by atoms with van der Waals surface area (Å²) in [6, 6.07) is 0. The second-order valence-corrected chi connectivity index (χ2v) is 2.60. The zero-order valence-electron chi connectivity index (χ0n) is 4.42. The molecule has 0 spiro atoms. The van der Waals surface area contributed by atoms with Gasteiger partial charge in [0.2, 0.25) is 0 Å². The van der Waals surface area contributed by atoms with E-state index in [1.807, 2.05) is 0 Å². The van der Waals surface area contributed by atoms with Crippen LogP contribution in [0.5, 0.6) is 0 Å². The first-order valence-electron chi connectivity index (χ1n) is 2.60.